The first-order valence-electron chi connectivity index (χ1n) is 7.46. The summed E-state index contributed by atoms with van der Waals surface area (Å²) in [7, 11) is 0. The van der Waals surface area contributed by atoms with Gasteiger partial charge in [0.2, 0.25) is 0 Å². The molecule has 2 amide bonds. The van der Waals surface area contributed by atoms with E-state index in [0.29, 0.717) is 18.1 Å². The number of hydrogen-bond donors (Lipinski definition) is 2. The van der Waals surface area contributed by atoms with Gasteiger partial charge in [0, 0.05) is 30.1 Å². The van der Waals surface area contributed by atoms with Gasteiger partial charge in [-0.25, -0.2) is 4.79 Å². The number of urea groups is 1. The highest BCUT2D eigenvalue weighted by molar-refractivity contribution is 7.99. The Kier molecular flexibility index (Phi) is 5.57. The van der Waals surface area contributed by atoms with E-state index in [4.69, 9.17) is 5.11 Å². The molecule has 0 bridgehead atoms. The second-order valence-corrected chi connectivity index (χ2v) is 7.34. The molecule has 0 aromatic carbocycles. The predicted octanol–water partition coefficient (Wildman–Crippen LogP) is 2.17. The molecule has 2 rings (SSSR count). The van der Waals surface area contributed by atoms with E-state index in [9.17, 15) is 9.59 Å². The van der Waals surface area contributed by atoms with Crippen molar-refractivity contribution in [1.29, 1.82) is 0 Å². The third-order valence-corrected chi connectivity index (χ3v) is 5.48. The van der Waals surface area contributed by atoms with E-state index in [1.54, 1.807) is 0 Å². The Morgan fingerprint density at radius 1 is 1.15 bits per heavy atom. The van der Waals surface area contributed by atoms with Gasteiger partial charge in [-0.2, -0.15) is 11.8 Å². The highest BCUT2D eigenvalue weighted by atomic mass is 32.2. The summed E-state index contributed by atoms with van der Waals surface area (Å²) in [5, 5.41) is 12.7. The van der Waals surface area contributed by atoms with Crippen molar-refractivity contribution in [2.45, 2.75) is 50.3 Å². The van der Waals surface area contributed by atoms with Crippen LogP contribution in [0.5, 0.6) is 0 Å². The van der Waals surface area contributed by atoms with E-state index < -0.39 is 5.97 Å². The number of carboxylic acids is 1. The van der Waals surface area contributed by atoms with E-state index in [1.165, 1.54) is 0 Å². The van der Waals surface area contributed by atoms with Gasteiger partial charge in [-0.05, 0) is 32.1 Å². The molecule has 1 aliphatic carbocycles. The second kappa shape index (κ2) is 7.20. The lowest BCUT2D eigenvalue weighted by atomic mass is 9.86. The summed E-state index contributed by atoms with van der Waals surface area (Å²) < 4.78 is 0. The van der Waals surface area contributed by atoms with Gasteiger partial charge in [0.05, 0.1) is 5.92 Å². The summed E-state index contributed by atoms with van der Waals surface area (Å²) in [4.78, 5) is 25.0. The van der Waals surface area contributed by atoms with Gasteiger partial charge in [0.1, 0.15) is 0 Å². The van der Waals surface area contributed by atoms with Crippen molar-refractivity contribution in [3.63, 3.8) is 0 Å². The van der Waals surface area contributed by atoms with Crippen LogP contribution in [0.25, 0.3) is 0 Å². The molecule has 2 aliphatic rings. The molecule has 6 heteroatoms. The number of hydrogen-bond acceptors (Lipinski definition) is 3. The first-order chi connectivity index (χ1) is 9.56. The van der Waals surface area contributed by atoms with E-state index in [1.807, 2.05) is 16.7 Å². The molecule has 114 valence electrons. The van der Waals surface area contributed by atoms with Crippen LogP contribution in [0, 0.1) is 5.92 Å². The lowest BCUT2D eigenvalue weighted by molar-refractivity contribution is -0.142. The van der Waals surface area contributed by atoms with Crippen LogP contribution < -0.4 is 5.32 Å². The summed E-state index contributed by atoms with van der Waals surface area (Å²) in [5.74, 6) is 0.0762. The van der Waals surface area contributed by atoms with Crippen molar-refractivity contribution in [1.82, 2.24) is 10.2 Å². The highest BCUT2D eigenvalue weighted by Gasteiger charge is 2.28. The fourth-order valence-corrected chi connectivity index (χ4v) is 3.85. The molecule has 1 saturated heterocycles. The summed E-state index contributed by atoms with van der Waals surface area (Å²) in [6.07, 6.45) is 3.95. The minimum atomic E-state index is -0.701. The SMILES string of the molecule is CC1CCN(C(=O)NC2CCC(C(=O)O)CC2)CCS1. The number of nitrogens with zero attached hydrogens (tertiary/aromatic N) is 1. The largest absolute Gasteiger partial charge is 0.481 e. The molecule has 1 saturated carbocycles. The average Bonchev–Trinajstić information content (AvgIpc) is 2.64. The topological polar surface area (TPSA) is 69.6 Å². The first-order valence-corrected chi connectivity index (χ1v) is 8.51. The van der Waals surface area contributed by atoms with Gasteiger partial charge in [-0.15, -0.1) is 0 Å². The third-order valence-electron chi connectivity index (χ3n) is 4.26. The molecule has 0 radical (unpaired) electrons. The van der Waals surface area contributed by atoms with E-state index in [-0.39, 0.29) is 18.0 Å². The number of carbonyl (C=O) groups excluding carboxylic acids is 1. The van der Waals surface area contributed by atoms with Crippen LogP contribution in [0.1, 0.15) is 39.0 Å². The zero-order valence-electron chi connectivity index (χ0n) is 12.0. The van der Waals surface area contributed by atoms with Crippen molar-refractivity contribution >= 4 is 23.8 Å². The monoisotopic (exact) mass is 300 g/mol. The molecule has 1 heterocycles. The molecule has 5 nitrogen and oxygen atoms in total. The Bertz CT molecular complexity index is 356. The number of carbonyl (C=O) groups is 2. The van der Waals surface area contributed by atoms with E-state index in [0.717, 1.165) is 38.1 Å². The molecule has 1 aliphatic heterocycles. The van der Waals surface area contributed by atoms with Crippen molar-refractivity contribution in [2.24, 2.45) is 5.92 Å². The number of thioether (sulfide) groups is 1. The molecular formula is C14H24N2O3S. The molecular weight excluding hydrogens is 276 g/mol. The summed E-state index contributed by atoms with van der Waals surface area (Å²) in [6.45, 7) is 3.84. The molecule has 20 heavy (non-hydrogen) atoms. The maximum absolute atomic E-state index is 12.2. The molecule has 2 fully saturated rings. The number of carboxylic acid groups (broad SMARTS) is 1. The quantitative estimate of drug-likeness (QED) is 0.820. The third kappa shape index (κ3) is 4.30. The van der Waals surface area contributed by atoms with Crippen LogP contribution in [0.3, 0.4) is 0 Å². The van der Waals surface area contributed by atoms with Gasteiger partial charge >= 0.3 is 12.0 Å². The Labute approximate surface area is 124 Å². The fourth-order valence-electron chi connectivity index (χ4n) is 2.85. The van der Waals surface area contributed by atoms with Gasteiger partial charge in [-0.3, -0.25) is 4.79 Å². The summed E-state index contributed by atoms with van der Waals surface area (Å²) in [6, 6.07) is 0.171. The summed E-state index contributed by atoms with van der Waals surface area (Å²) in [5.41, 5.74) is 0. The lowest BCUT2D eigenvalue weighted by Gasteiger charge is -2.29. The number of nitrogens with one attached hydrogen (secondary N) is 1. The number of aliphatic carboxylic acids is 1. The summed E-state index contributed by atoms with van der Waals surface area (Å²) >= 11 is 1.92. The van der Waals surface area contributed by atoms with Gasteiger partial charge in [0.15, 0.2) is 0 Å². The first kappa shape index (κ1) is 15.5. The average molecular weight is 300 g/mol. The smallest absolute Gasteiger partial charge is 0.317 e. The predicted molar refractivity (Wildman–Crippen MR) is 80.0 cm³/mol. The van der Waals surface area contributed by atoms with E-state index in [2.05, 4.69) is 12.2 Å². The second-order valence-electron chi connectivity index (χ2n) is 5.79. The normalized spacial score (nSPS) is 31.4. The standard InChI is InChI=1S/C14H24N2O3S/c1-10-6-7-16(8-9-20-10)14(19)15-12-4-2-11(3-5-12)13(17)18/h10-12H,2-9H2,1H3,(H,15,19)(H,17,18). The minimum Gasteiger partial charge on any atom is -0.481 e. The van der Waals surface area contributed by atoms with Crippen LogP contribution >= 0.6 is 11.8 Å². The Balaban J connectivity index is 1.76. The Hall–Kier alpha value is -0.910. The van der Waals surface area contributed by atoms with Gasteiger partial charge in [-0.1, -0.05) is 6.92 Å². The minimum absolute atomic E-state index is 0.0264. The Morgan fingerprint density at radius 3 is 2.50 bits per heavy atom. The number of rotatable bonds is 2. The van der Waals surface area contributed by atoms with Crippen molar-refractivity contribution in [3.8, 4) is 0 Å². The molecule has 0 spiro atoms. The molecule has 2 N–H and O–H groups in total. The van der Waals surface area contributed by atoms with Crippen LogP contribution in [0.4, 0.5) is 4.79 Å². The fraction of sp³-hybridized carbons (Fsp3) is 0.857. The van der Waals surface area contributed by atoms with Crippen LogP contribution in [0.15, 0.2) is 0 Å². The maximum atomic E-state index is 12.2. The number of amides is 2. The highest BCUT2D eigenvalue weighted by Crippen LogP contribution is 2.25. The molecule has 0 aromatic heterocycles. The van der Waals surface area contributed by atoms with Gasteiger partial charge < -0.3 is 15.3 Å². The van der Waals surface area contributed by atoms with Crippen LogP contribution in [-0.2, 0) is 4.79 Å². The Morgan fingerprint density at radius 2 is 1.85 bits per heavy atom. The van der Waals surface area contributed by atoms with Crippen LogP contribution in [-0.4, -0.2) is 52.1 Å². The van der Waals surface area contributed by atoms with Crippen molar-refractivity contribution in [3.05, 3.63) is 0 Å². The van der Waals surface area contributed by atoms with Crippen molar-refractivity contribution in [2.75, 3.05) is 18.8 Å². The molecule has 0 aromatic rings. The van der Waals surface area contributed by atoms with Crippen molar-refractivity contribution < 1.29 is 14.7 Å². The zero-order chi connectivity index (χ0) is 14.5. The molecule has 1 unspecified atom stereocenters. The lowest BCUT2D eigenvalue weighted by Crippen LogP contribution is -2.47. The maximum Gasteiger partial charge on any atom is 0.317 e. The zero-order valence-corrected chi connectivity index (χ0v) is 12.8. The molecule has 1 atom stereocenters. The van der Waals surface area contributed by atoms with Gasteiger partial charge in [0.25, 0.3) is 0 Å². The van der Waals surface area contributed by atoms with Crippen LogP contribution in [0.2, 0.25) is 0 Å². The van der Waals surface area contributed by atoms with E-state index >= 15 is 0 Å².